The summed E-state index contributed by atoms with van der Waals surface area (Å²) in [4.78, 5) is 13.4. The van der Waals surface area contributed by atoms with E-state index in [4.69, 9.17) is 4.42 Å². The van der Waals surface area contributed by atoms with E-state index in [-0.39, 0.29) is 17.4 Å². The fraction of sp³-hybridized carbons (Fsp3) is 0.545. The van der Waals surface area contributed by atoms with Gasteiger partial charge in [-0.1, -0.05) is 11.8 Å². The predicted octanol–water partition coefficient (Wildman–Crippen LogP) is 3.22. The highest BCUT2D eigenvalue weighted by Gasteiger charge is 2.17. The molecule has 1 rings (SSSR count). The topological polar surface area (TPSA) is 33.5 Å². The number of carbonyl (C=O) groups excluding carboxylic acids is 1. The van der Waals surface area contributed by atoms with Gasteiger partial charge < -0.3 is 9.32 Å². The van der Waals surface area contributed by atoms with Gasteiger partial charge in [0.15, 0.2) is 5.76 Å². The molecule has 1 aromatic heterocycles. The van der Waals surface area contributed by atoms with Crippen molar-refractivity contribution >= 4 is 17.7 Å². The van der Waals surface area contributed by atoms with Gasteiger partial charge in [0.05, 0.1) is 5.75 Å². The van der Waals surface area contributed by atoms with Gasteiger partial charge in [-0.25, -0.2) is 0 Å². The SMILES string of the molecule is CCN(CC)C(=O)c1ccc(CSC(F)F)o1. The Morgan fingerprint density at radius 2 is 2.06 bits per heavy atom. The maximum atomic E-state index is 12.0. The summed E-state index contributed by atoms with van der Waals surface area (Å²) in [5.41, 5.74) is 0. The minimum absolute atomic E-state index is 0.0726. The smallest absolute Gasteiger partial charge is 0.289 e. The summed E-state index contributed by atoms with van der Waals surface area (Å²) in [5.74, 6) is -1.96. The zero-order valence-corrected chi connectivity index (χ0v) is 10.6. The monoisotopic (exact) mass is 263 g/mol. The van der Waals surface area contributed by atoms with Crippen LogP contribution in [0.3, 0.4) is 0 Å². The van der Waals surface area contributed by atoms with Gasteiger partial charge in [-0.2, -0.15) is 8.78 Å². The Bertz CT molecular complexity index is 364. The Kier molecular flexibility index (Phi) is 5.47. The van der Waals surface area contributed by atoms with Crippen LogP contribution >= 0.6 is 11.8 Å². The largest absolute Gasteiger partial charge is 0.455 e. The first kappa shape index (κ1) is 14.0. The lowest BCUT2D eigenvalue weighted by molar-refractivity contribution is 0.0739. The van der Waals surface area contributed by atoms with E-state index < -0.39 is 5.76 Å². The lowest BCUT2D eigenvalue weighted by Gasteiger charge is -2.16. The third kappa shape index (κ3) is 4.03. The summed E-state index contributed by atoms with van der Waals surface area (Å²) in [7, 11) is 0. The van der Waals surface area contributed by atoms with Gasteiger partial charge in [-0.15, -0.1) is 0 Å². The highest BCUT2D eigenvalue weighted by atomic mass is 32.2. The second-order valence-electron chi connectivity index (χ2n) is 3.32. The summed E-state index contributed by atoms with van der Waals surface area (Å²) in [6.45, 7) is 4.93. The van der Waals surface area contributed by atoms with Gasteiger partial charge in [-0.05, 0) is 26.0 Å². The molecule has 0 aliphatic heterocycles. The van der Waals surface area contributed by atoms with Crippen LogP contribution in [0.1, 0.15) is 30.2 Å². The standard InChI is InChI=1S/C11H15F2NO2S/c1-3-14(4-2)10(15)9-6-5-8(16-9)7-17-11(12)13/h5-6,11H,3-4,7H2,1-2H3. The van der Waals surface area contributed by atoms with Crippen LogP contribution in [0.4, 0.5) is 8.78 Å². The molecule has 0 fully saturated rings. The third-order valence-corrected chi connectivity index (χ3v) is 2.98. The summed E-state index contributed by atoms with van der Waals surface area (Å²) < 4.78 is 29.2. The number of halogens is 2. The van der Waals surface area contributed by atoms with Crippen molar-refractivity contribution in [1.82, 2.24) is 4.90 Å². The van der Waals surface area contributed by atoms with Crippen LogP contribution in [0.15, 0.2) is 16.5 Å². The normalized spacial score (nSPS) is 10.9. The fourth-order valence-corrected chi connectivity index (χ4v) is 1.83. The molecule has 0 aliphatic rings. The number of alkyl halides is 2. The highest BCUT2D eigenvalue weighted by molar-refractivity contribution is 7.98. The van der Waals surface area contributed by atoms with Gasteiger partial charge in [-0.3, -0.25) is 4.79 Å². The van der Waals surface area contributed by atoms with Gasteiger partial charge in [0.25, 0.3) is 11.7 Å². The van der Waals surface area contributed by atoms with Crippen molar-refractivity contribution in [1.29, 1.82) is 0 Å². The minimum Gasteiger partial charge on any atom is -0.455 e. The van der Waals surface area contributed by atoms with Crippen molar-refractivity contribution < 1.29 is 18.0 Å². The molecule has 6 heteroatoms. The summed E-state index contributed by atoms with van der Waals surface area (Å²) in [6.07, 6.45) is 0. The highest BCUT2D eigenvalue weighted by Crippen LogP contribution is 2.21. The van der Waals surface area contributed by atoms with E-state index in [1.165, 1.54) is 6.07 Å². The summed E-state index contributed by atoms with van der Waals surface area (Å²) >= 11 is 0.477. The molecular weight excluding hydrogens is 248 g/mol. The van der Waals surface area contributed by atoms with E-state index in [9.17, 15) is 13.6 Å². The number of hydrogen-bond donors (Lipinski definition) is 0. The third-order valence-electron chi connectivity index (χ3n) is 2.27. The number of rotatable bonds is 6. The first-order valence-electron chi connectivity index (χ1n) is 5.36. The molecule has 0 N–H and O–H groups in total. The zero-order chi connectivity index (χ0) is 12.8. The van der Waals surface area contributed by atoms with Crippen LogP contribution < -0.4 is 0 Å². The fourth-order valence-electron chi connectivity index (χ4n) is 1.38. The Labute approximate surface area is 103 Å². The Balaban J connectivity index is 2.64. The molecule has 0 radical (unpaired) electrons. The average molecular weight is 263 g/mol. The molecule has 0 unspecified atom stereocenters. The number of carbonyl (C=O) groups is 1. The van der Waals surface area contributed by atoms with E-state index in [0.29, 0.717) is 30.6 Å². The summed E-state index contributed by atoms with van der Waals surface area (Å²) in [6, 6.07) is 3.09. The Morgan fingerprint density at radius 3 is 2.59 bits per heavy atom. The van der Waals surface area contributed by atoms with Gasteiger partial charge >= 0.3 is 0 Å². The van der Waals surface area contributed by atoms with Crippen LogP contribution in [0.25, 0.3) is 0 Å². The van der Waals surface area contributed by atoms with Crippen LogP contribution in [0.5, 0.6) is 0 Å². The van der Waals surface area contributed by atoms with Crippen LogP contribution in [-0.2, 0) is 5.75 Å². The lowest BCUT2D eigenvalue weighted by Crippen LogP contribution is -2.30. The molecule has 0 atom stereocenters. The average Bonchev–Trinajstić information content (AvgIpc) is 2.76. The maximum absolute atomic E-state index is 12.0. The number of hydrogen-bond acceptors (Lipinski definition) is 3. The molecule has 0 bridgehead atoms. The van der Waals surface area contributed by atoms with E-state index in [1.807, 2.05) is 13.8 Å². The molecule has 1 amide bonds. The maximum Gasteiger partial charge on any atom is 0.289 e. The molecular formula is C11H15F2NO2S. The molecule has 0 aliphatic carbocycles. The van der Waals surface area contributed by atoms with Crippen molar-refractivity contribution in [2.45, 2.75) is 25.4 Å². The van der Waals surface area contributed by atoms with E-state index >= 15 is 0 Å². The van der Waals surface area contributed by atoms with Gasteiger partial charge in [0, 0.05) is 13.1 Å². The van der Waals surface area contributed by atoms with Crippen molar-refractivity contribution in [2.24, 2.45) is 0 Å². The first-order valence-corrected chi connectivity index (χ1v) is 6.41. The molecule has 3 nitrogen and oxygen atoms in total. The number of furan rings is 1. The van der Waals surface area contributed by atoms with E-state index in [1.54, 1.807) is 11.0 Å². The number of amides is 1. The molecule has 17 heavy (non-hydrogen) atoms. The van der Waals surface area contributed by atoms with Crippen LogP contribution in [-0.4, -0.2) is 29.7 Å². The van der Waals surface area contributed by atoms with Crippen molar-refractivity contribution in [3.8, 4) is 0 Å². The molecule has 1 aromatic rings. The zero-order valence-electron chi connectivity index (χ0n) is 9.78. The van der Waals surface area contributed by atoms with Crippen molar-refractivity contribution in [3.63, 3.8) is 0 Å². The molecule has 0 spiro atoms. The quantitative estimate of drug-likeness (QED) is 0.790. The van der Waals surface area contributed by atoms with Gasteiger partial charge in [0.1, 0.15) is 5.76 Å². The Hall–Kier alpha value is -1.04. The molecule has 0 saturated heterocycles. The van der Waals surface area contributed by atoms with Crippen molar-refractivity contribution in [3.05, 3.63) is 23.7 Å². The summed E-state index contributed by atoms with van der Waals surface area (Å²) in [5, 5.41) is 0. The van der Waals surface area contributed by atoms with E-state index in [0.717, 1.165) is 0 Å². The molecule has 1 heterocycles. The number of nitrogens with zero attached hydrogens (tertiary/aromatic N) is 1. The van der Waals surface area contributed by atoms with Crippen LogP contribution in [0, 0.1) is 0 Å². The first-order chi connectivity index (χ1) is 8.08. The van der Waals surface area contributed by atoms with Crippen molar-refractivity contribution in [2.75, 3.05) is 13.1 Å². The lowest BCUT2D eigenvalue weighted by atomic mass is 10.3. The second-order valence-corrected chi connectivity index (χ2v) is 4.29. The molecule has 96 valence electrons. The van der Waals surface area contributed by atoms with Crippen LogP contribution in [0.2, 0.25) is 0 Å². The predicted molar refractivity (Wildman–Crippen MR) is 63.3 cm³/mol. The van der Waals surface area contributed by atoms with Gasteiger partial charge in [0.2, 0.25) is 0 Å². The molecule has 0 aromatic carbocycles. The minimum atomic E-state index is -2.43. The van der Waals surface area contributed by atoms with E-state index in [2.05, 4.69) is 0 Å². The number of thioether (sulfide) groups is 1. The molecule has 0 saturated carbocycles. The second kappa shape index (κ2) is 6.64. The Morgan fingerprint density at radius 1 is 1.41 bits per heavy atom.